The summed E-state index contributed by atoms with van der Waals surface area (Å²) >= 11 is 0. The number of amides is 1. The lowest BCUT2D eigenvalue weighted by molar-refractivity contribution is -0.140. The minimum atomic E-state index is -0.597. The molecule has 1 saturated heterocycles. The van der Waals surface area contributed by atoms with Crippen LogP contribution in [-0.2, 0) is 9.53 Å². The first-order valence-electron chi connectivity index (χ1n) is 10.5. The summed E-state index contributed by atoms with van der Waals surface area (Å²) in [4.78, 5) is 27.1. The Bertz CT molecular complexity index is 668. The fourth-order valence-corrected chi connectivity index (χ4v) is 3.70. The number of esters is 1. The molecule has 1 aromatic carbocycles. The van der Waals surface area contributed by atoms with Crippen molar-refractivity contribution in [3.8, 4) is 17.2 Å². The van der Waals surface area contributed by atoms with E-state index in [-0.39, 0.29) is 30.2 Å². The molecule has 2 rings (SSSR count). The van der Waals surface area contributed by atoms with E-state index < -0.39 is 5.97 Å². The van der Waals surface area contributed by atoms with E-state index in [1.807, 2.05) is 39.5 Å². The van der Waals surface area contributed by atoms with Gasteiger partial charge in [0.15, 0.2) is 18.1 Å². The van der Waals surface area contributed by atoms with Gasteiger partial charge >= 0.3 is 5.97 Å². The molecular formula is C22H33NO6. The first kappa shape index (κ1) is 22.8. The van der Waals surface area contributed by atoms with Crippen molar-refractivity contribution in [1.29, 1.82) is 0 Å². The zero-order valence-electron chi connectivity index (χ0n) is 18.2. The van der Waals surface area contributed by atoms with Crippen LogP contribution in [-0.4, -0.2) is 55.3 Å². The minimum Gasteiger partial charge on any atom is -0.490 e. The van der Waals surface area contributed by atoms with Crippen molar-refractivity contribution in [2.45, 2.75) is 66.0 Å². The van der Waals surface area contributed by atoms with Crippen LogP contribution in [0.5, 0.6) is 17.2 Å². The largest absolute Gasteiger partial charge is 0.490 e. The quantitative estimate of drug-likeness (QED) is 0.579. The van der Waals surface area contributed by atoms with Gasteiger partial charge in [-0.3, -0.25) is 4.79 Å². The number of piperidine rings is 1. The number of hydrogen-bond donors (Lipinski definition) is 0. The van der Waals surface area contributed by atoms with E-state index in [9.17, 15) is 9.59 Å². The van der Waals surface area contributed by atoms with Crippen molar-refractivity contribution >= 4 is 11.9 Å². The number of benzene rings is 1. The highest BCUT2D eigenvalue weighted by Gasteiger charge is 2.29. The maximum Gasteiger partial charge on any atom is 0.338 e. The number of carbonyl (C=O) groups is 2. The molecule has 0 aliphatic carbocycles. The predicted octanol–water partition coefficient (Wildman–Crippen LogP) is 3.83. The van der Waals surface area contributed by atoms with Crippen LogP contribution in [0, 0.1) is 0 Å². The second kappa shape index (κ2) is 10.9. The Balaban J connectivity index is 2.15. The lowest BCUT2D eigenvalue weighted by atomic mass is 9.97. The molecule has 0 saturated carbocycles. The number of carbonyl (C=O) groups excluding carboxylic acids is 2. The number of hydrogen-bond acceptors (Lipinski definition) is 6. The van der Waals surface area contributed by atoms with Crippen molar-refractivity contribution in [2.24, 2.45) is 0 Å². The van der Waals surface area contributed by atoms with Gasteiger partial charge in [-0.15, -0.1) is 0 Å². The van der Waals surface area contributed by atoms with Gasteiger partial charge < -0.3 is 23.8 Å². The van der Waals surface area contributed by atoms with Crippen LogP contribution in [0.2, 0.25) is 0 Å². The molecule has 0 N–H and O–H groups in total. The second-order valence-electron chi connectivity index (χ2n) is 7.11. The van der Waals surface area contributed by atoms with Crippen LogP contribution in [0.25, 0.3) is 0 Å². The van der Waals surface area contributed by atoms with Gasteiger partial charge in [-0.25, -0.2) is 4.79 Å². The third-order valence-corrected chi connectivity index (χ3v) is 4.95. The molecule has 0 spiro atoms. The Morgan fingerprint density at radius 3 is 1.93 bits per heavy atom. The van der Waals surface area contributed by atoms with E-state index in [1.54, 1.807) is 12.1 Å². The smallest absolute Gasteiger partial charge is 0.338 e. The molecule has 2 atom stereocenters. The van der Waals surface area contributed by atoms with E-state index in [0.29, 0.717) is 37.1 Å². The summed E-state index contributed by atoms with van der Waals surface area (Å²) in [6.07, 6.45) is 3.05. The Morgan fingerprint density at radius 2 is 1.45 bits per heavy atom. The van der Waals surface area contributed by atoms with Crippen molar-refractivity contribution in [1.82, 2.24) is 4.90 Å². The molecule has 7 heteroatoms. The van der Waals surface area contributed by atoms with Crippen molar-refractivity contribution in [3.05, 3.63) is 17.7 Å². The summed E-state index contributed by atoms with van der Waals surface area (Å²) in [6, 6.07) is 3.44. The number of rotatable bonds is 9. The molecule has 162 valence electrons. The maximum atomic E-state index is 12.6. The van der Waals surface area contributed by atoms with Crippen LogP contribution in [0.15, 0.2) is 12.1 Å². The van der Waals surface area contributed by atoms with E-state index in [2.05, 4.69) is 0 Å². The highest BCUT2D eigenvalue weighted by molar-refractivity contribution is 5.93. The van der Waals surface area contributed by atoms with Gasteiger partial charge in [0.1, 0.15) is 0 Å². The molecular weight excluding hydrogens is 374 g/mol. The van der Waals surface area contributed by atoms with Gasteiger partial charge in [0.2, 0.25) is 5.75 Å². The summed E-state index contributed by atoms with van der Waals surface area (Å²) in [5.41, 5.74) is 0.257. The third kappa shape index (κ3) is 5.78. The highest BCUT2D eigenvalue weighted by atomic mass is 16.5. The SMILES string of the molecule is CCOc1cc(C(=O)OCC(=O)N2[C@@H](C)CCC[C@@H]2C)cc(OCC)c1OCC. The highest BCUT2D eigenvalue weighted by Crippen LogP contribution is 2.39. The Kier molecular flexibility index (Phi) is 8.61. The van der Waals surface area contributed by atoms with Crippen molar-refractivity contribution < 1.29 is 28.5 Å². The lowest BCUT2D eigenvalue weighted by Gasteiger charge is -2.38. The molecule has 1 amide bonds. The number of nitrogens with zero attached hydrogens (tertiary/aromatic N) is 1. The van der Waals surface area contributed by atoms with Crippen LogP contribution >= 0.6 is 0 Å². The molecule has 0 radical (unpaired) electrons. The van der Waals surface area contributed by atoms with E-state index in [4.69, 9.17) is 18.9 Å². The molecule has 29 heavy (non-hydrogen) atoms. The molecule has 0 aromatic heterocycles. The second-order valence-corrected chi connectivity index (χ2v) is 7.11. The fraction of sp³-hybridized carbons (Fsp3) is 0.636. The normalized spacial score (nSPS) is 18.9. The summed E-state index contributed by atoms with van der Waals surface area (Å²) in [6.45, 7) is 10.6. The van der Waals surface area contributed by atoms with Gasteiger partial charge in [0.25, 0.3) is 5.91 Å². The monoisotopic (exact) mass is 407 g/mol. The number of likely N-dealkylation sites (tertiary alicyclic amines) is 1. The molecule has 1 aromatic rings. The van der Waals surface area contributed by atoms with Crippen LogP contribution in [0.4, 0.5) is 0 Å². The van der Waals surface area contributed by atoms with Crippen molar-refractivity contribution in [3.63, 3.8) is 0 Å². The summed E-state index contributed by atoms with van der Waals surface area (Å²) in [7, 11) is 0. The summed E-state index contributed by atoms with van der Waals surface area (Å²) in [5, 5.41) is 0. The molecule has 1 fully saturated rings. The van der Waals surface area contributed by atoms with Crippen LogP contribution < -0.4 is 14.2 Å². The predicted molar refractivity (Wildman–Crippen MR) is 110 cm³/mol. The van der Waals surface area contributed by atoms with Gasteiger partial charge in [-0.2, -0.15) is 0 Å². The van der Waals surface area contributed by atoms with Gasteiger partial charge in [-0.05, 0) is 66.0 Å². The maximum absolute atomic E-state index is 12.6. The molecule has 0 bridgehead atoms. The van der Waals surface area contributed by atoms with E-state index in [0.717, 1.165) is 19.3 Å². The lowest BCUT2D eigenvalue weighted by Crippen LogP contribution is -2.49. The van der Waals surface area contributed by atoms with Gasteiger partial charge in [0, 0.05) is 12.1 Å². The minimum absolute atomic E-state index is 0.157. The zero-order valence-corrected chi connectivity index (χ0v) is 18.2. The van der Waals surface area contributed by atoms with Crippen LogP contribution in [0.3, 0.4) is 0 Å². The molecule has 1 aliphatic rings. The molecule has 0 unspecified atom stereocenters. The summed E-state index contributed by atoms with van der Waals surface area (Å²) < 4.78 is 22.2. The Hall–Kier alpha value is -2.44. The Morgan fingerprint density at radius 1 is 0.931 bits per heavy atom. The van der Waals surface area contributed by atoms with Gasteiger partial charge in [0.05, 0.1) is 25.4 Å². The Labute approximate surface area is 173 Å². The molecule has 1 heterocycles. The van der Waals surface area contributed by atoms with Gasteiger partial charge in [-0.1, -0.05) is 0 Å². The zero-order chi connectivity index (χ0) is 21.4. The van der Waals surface area contributed by atoms with Crippen LogP contribution in [0.1, 0.15) is 64.2 Å². The average molecular weight is 408 g/mol. The van der Waals surface area contributed by atoms with Crippen molar-refractivity contribution in [2.75, 3.05) is 26.4 Å². The molecule has 1 aliphatic heterocycles. The fourth-order valence-electron chi connectivity index (χ4n) is 3.70. The first-order valence-corrected chi connectivity index (χ1v) is 10.5. The first-order chi connectivity index (χ1) is 13.9. The number of ether oxygens (including phenoxy) is 4. The summed E-state index contributed by atoms with van der Waals surface area (Å²) in [5.74, 6) is 0.521. The topological polar surface area (TPSA) is 74.3 Å². The average Bonchev–Trinajstić information content (AvgIpc) is 2.68. The third-order valence-electron chi connectivity index (χ3n) is 4.95. The molecule has 7 nitrogen and oxygen atoms in total. The standard InChI is InChI=1S/C22H33NO6/c1-6-26-18-12-17(13-19(27-7-2)21(18)28-8-3)22(25)29-14-20(24)23-15(4)10-9-11-16(23)5/h12-13,15-16H,6-11,14H2,1-5H3/t15-,16-/m0/s1. The van der Waals surface area contributed by atoms with E-state index >= 15 is 0 Å². The van der Waals surface area contributed by atoms with E-state index in [1.165, 1.54) is 0 Å².